The molecule has 0 amide bonds. The van der Waals surface area contributed by atoms with E-state index in [0.29, 0.717) is 12.0 Å². The lowest BCUT2D eigenvalue weighted by Gasteiger charge is -2.50. The zero-order chi connectivity index (χ0) is 15.2. The molecule has 1 aromatic carbocycles. The first kappa shape index (κ1) is 15.4. The van der Waals surface area contributed by atoms with Crippen molar-refractivity contribution in [2.24, 2.45) is 16.6 Å². The van der Waals surface area contributed by atoms with Crippen molar-refractivity contribution in [2.45, 2.75) is 58.9 Å². The van der Waals surface area contributed by atoms with Crippen molar-refractivity contribution in [1.29, 1.82) is 0 Å². The third-order valence-corrected chi connectivity index (χ3v) is 4.19. The second-order valence-corrected chi connectivity index (χ2v) is 8.11. The van der Waals surface area contributed by atoms with E-state index in [0.717, 1.165) is 25.3 Å². The average molecular weight is 281 g/mol. The SMILES string of the molecule is CC1(C)CC(C)(C)CC(N)(Cc2cccc(F)c2F)C1. The summed E-state index contributed by atoms with van der Waals surface area (Å²) in [6, 6.07) is 4.34. The molecule has 0 radical (unpaired) electrons. The quantitative estimate of drug-likeness (QED) is 0.852. The Labute approximate surface area is 120 Å². The Balaban J connectivity index is 2.29. The van der Waals surface area contributed by atoms with Gasteiger partial charge in [-0.3, -0.25) is 0 Å². The molecule has 1 aliphatic rings. The summed E-state index contributed by atoms with van der Waals surface area (Å²) < 4.78 is 27.2. The molecular weight excluding hydrogens is 256 g/mol. The van der Waals surface area contributed by atoms with E-state index in [1.807, 2.05) is 0 Å². The van der Waals surface area contributed by atoms with Crippen LogP contribution >= 0.6 is 0 Å². The molecule has 2 N–H and O–H groups in total. The van der Waals surface area contributed by atoms with Crippen molar-refractivity contribution in [3.63, 3.8) is 0 Å². The molecule has 3 heteroatoms. The number of rotatable bonds is 2. The van der Waals surface area contributed by atoms with Crippen LogP contribution in [-0.4, -0.2) is 5.54 Å². The molecule has 0 aromatic heterocycles. The van der Waals surface area contributed by atoms with Crippen LogP contribution in [0.2, 0.25) is 0 Å². The van der Waals surface area contributed by atoms with Gasteiger partial charge in [0.05, 0.1) is 0 Å². The van der Waals surface area contributed by atoms with Gasteiger partial charge in [-0.25, -0.2) is 8.78 Å². The molecule has 0 heterocycles. The van der Waals surface area contributed by atoms with E-state index < -0.39 is 17.2 Å². The molecule has 1 aromatic rings. The van der Waals surface area contributed by atoms with Gasteiger partial charge in [0.1, 0.15) is 0 Å². The lowest BCUT2D eigenvalue weighted by molar-refractivity contribution is 0.0483. The van der Waals surface area contributed by atoms with Crippen molar-refractivity contribution < 1.29 is 8.78 Å². The highest BCUT2D eigenvalue weighted by Crippen LogP contribution is 2.50. The smallest absolute Gasteiger partial charge is 0.162 e. The Hall–Kier alpha value is -0.960. The van der Waals surface area contributed by atoms with Gasteiger partial charge in [-0.05, 0) is 48.1 Å². The molecule has 0 atom stereocenters. The number of nitrogens with two attached hydrogens (primary N) is 1. The Morgan fingerprint density at radius 1 is 1.00 bits per heavy atom. The van der Waals surface area contributed by atoms with Crippen molar-refractivity contribution >= 4 is 0 Å². The lowest BCUT2D eigenvalue weighted by Crippen LogP contribution is -2.53. The summed E-state index contributed by atoms with van der Waals surface area (Å²) in [5.41, 5.74) is 6.74. The van der Waals surface area contributed by atoms with Crippen molar-refractivity contribution in [1.82, 2.24) is 0 Å². The topological polar surface area (TPSA) is 26.0 Å². The molecule has 0 spiro atoms. The summed E-state index contributed by atoms with van der Waals surface area (Å²) in [6.07, 6.45) is 3.16. The summed E-state index contributed by atoms with van der Waals surface area (Å²) in [6.45, 7) is 8.82. The van der Waals surface area contributed by atoms with E-state index in [1.165, 1.54) is 0 Å². The van der Waals surface area contributed by atoms with E-state index in [-0.39, 0.29) is 10.8 Å². The molecule has 0 saturated heterocycles. The monoisotopic (exact) mass is 281 g/mol. The summed E-state index contributed by atoms with van der Waals surface area (Å²) in [5.74, 6) is -1.54. The van der Waals surface area contributed by atoms with E-state index in [1.54, 1.807) is 12.1 Å². The van der Waals surface area contributed by atoms with Crippen LogP contribution in [-0.2, 0) is 6.42 Å². The Morgan fingerprint density at radius 2 is 1.55 bits per heavy atom. The van der Waals surface area contributed by atoms with Gasteiger partial charge in [0.2, 0.25) is 0 Å². The normalized spacial score (nSPS) is 23.6. The van der Waals surface area contributed by atoms with Crippen LogP contribution in [0.15, 0.2) is 18.2 Å². The van der Waals surface area contributed by atoms with Crippen LogP contribution in [0, 0.1) is 22.5 Å². The number of hydrogen-bond acceptors (Lipinski definition) is 1. The standard InChI is InChI=1S/C17H25F2N/c1-15(2)9-16(3,4)11-17(20,10-15)8-12-6-5-7-13(18)14(12)19/h5-7H,8-11,20H2,1-4H3. The van der Waals surface area contributed by atoms with E-state index in [4.69, 9.17) is 5.73 Å². The van der Waals surface area contributed by atoms with Crippen LogP contribution in [0.25, 0.3) is 0 Å². The predicted octanol–water partition coefficient (Wildman–Crippen LogP) is 4.44. The van der Waals surface area contributed by atoms with Gasteiger partial charge < -0.3 is 5.73 Å². The zero-order valence-electron chi connectivity index (χ0n) is 12.9. The maximum atomic E-state index is 13.9. The highest BCUT2D eigenvalue weighted by Gasteiger charge is 2.45. The first-order valence-corrected chi connectivity index (χ1v) is 7.24. The van der Waals surface area contributed by atoms with Gasteiger partial charge in [-0.15, -0.1) is 0 Å². The molecule has 1 nitrogen and oxygen atoms in total. The number of benzene rings is 1. The van der Waals surface area contributed by atoms with Gasteiger partial charge >= 0.3 is 0 Å². The minimum Gasteiger partial charge on any atom is -0.325 e. The number of halogens is 2. The highest BCUT2D eigenvalue weighted by molar-refractivity contribution is 5.22. The Kier molecular flexibility index (Phi) is 3.70. The summed E-state index contributed by atoms with van der Waals surface area (Å²) in [4.78, 5) is 0. The fraction of sp³-hybridized carbons (Fsp3) is 0.647. The maximum Gasteiger partial charge on any atom is 0.162 e. The third kappa shape index (κ3) is 3.38. The first-order valence-electron chi connectivity index (χ1n) is 7.24. The first-order chi connectivity index (χ1) is 9.02. The molecule has 1 saturated carbocycles. The van der Waals surface area contributed by atoms with E-state index >= 15 is 0 Å². The second-order valence-electron chi connectivity index (χ2n) is 8.11. The molecule has 0 unspecified atom stereocenters. The predicted molar refractivity (Wildman–Crippen MR) is 78.4 cm³/mol. The largest absolute Gasteiger partial charge is 0.325 e. The molecule has 2 rings (SSSR count). The Morgan fingerprint density at radius 3 is 2.10 bits per heavy atom. The molecule has 0 aliphatic heterocycles. The van der Waals surface area contributed by atoms with E-state index in [2.05, 4.69) is 27.7 Å². The average Bonchev–Trinajstić information content (AvgIpc) is 2.19. The molecule has 20 heavy (non-hydrogen) atoms. The summed E-state index contributed by atoms with van der Waals surface area (Å²) >= 11 is 0. The molecule has 1 fully saturated rings. The van der Waals surface area contributed by atoms with Gasteiger partial charge in [0.15, 0.2) is 11.6 Å². The van der Waals surface area contributed by atoms with Gasteiger partial charge in [0.25, 0.3) is 0 Å². The fourth-order valence-corrected chi connectivity index (χ4v) is 4.58. The highest BCUT2D eigenvalue weighted by atomic mass is 19.2. The summed E-state index contributed by atoms with van der Waals surface area (Å²) in [7, 11) is 0. The third-order valence-electron chi connectivity index (χ3n) is 4.19. The van der Waals surface area contributed by atoms with Gasteiger partial charge in [0, 0.05) is 5.54 Å². The molecule has 0 bridgehead atoms. The molecule has 112 valence electrons. The van der Waals surface area contributed by atoms with Gasteiger partial charge in [-0.2, -0.15) is 0 Å². The van der Waals surface area contributed by atoms with Gasteiger partial charge in [-0.1, -0.05) is 39.8 Å². The zero-order valence-corrected chi connectivity index (χ0v) is 12.9. The fourth-order valence-electron chi connectivity index (χ4n) is 4.58. The summed E-state index contributed by atoms with van der Waals surface area (Å²) in [5, 5.41) is 0. The number of hydrogen-bond donors (Lipinski definition) is 1. The van der Waals surface area contributed by atoms with Crippen molar-refractivity contribution in [2.75, 3.05) is 0 Å². The Bertz CT molecular complexity index is 490. The van der Waals surface area contributed by atoms with Crippen LogP contribution in [0.3, 0.4) is 0 Å². The van der Waals surface area contributed by atoms with Crippen molar-refractivity contribution in [3.05, 3.63) is 35.4 Å². The minimum atomic E-state index is -0.791. The minimum absolute atomic E-state index is 0.125. The van der Waals surface area contributed by atoms with Crippen LogP contribution in [0.1, 0.15) is 52.5 Å². The second kappa shape index (κ2) is 4.80. The van der Waals surface area contributed by atoms with Crippen LogP contribution in [0.4, 0.5) is 8.78 Å². The lowest BCUT2D eigenvalue weighted by atomic mass is 9.57. The molecule has 1 aliphatic carbocycles. The van der Waals surface area contributed by atoms with Crippen LogP contribution < -0.4 is 5.73 Å². The maximum absolute atomic E-state index is 13.9. The molecular formula is C17H25F2N. The van der Waals surface area contributed by atoms with E-state index in [9.17, 15) is 8.78 Å². The van der Waals surface area contributed by atoms with Crippen molar-refractivity contribution in [3.8, 4) is 0 Å². The van der Waals surface area contributed by atoms with Crippen LogP contribution in [0.5, 0.6) is 0 Å².